The number of amides is 1. The van der Waals surface area contributed by atoms with Gasteiger partial charge in [0.1, 0.15) is 0 Å². The summed E-state index contributed by atoms with van der Waals surface area (Å²) >= 11 is 1.77. The first-order valence-corrected chi connectivity index (χ1v) is 8.69. The SMILES string of the molecule is C[C@@H](CNC(=O)[C@@H](C1CC1)N1CCCC1)c1cccs1. The molecule has 1 aromatic rings. The molecule has 0 aromatic carbocycles. The number of hydrogen-bond acceptors (Lipinski definition) is 3. The molecular formula is C16H24N2OS. The third-order valence-corrected chi connectivity index (χ3v) is 5.59. The first-order valence-electron chi connectivity index (χ1n) is 7.81. The summed E-state index contributed by atoms with van der Waals surface area (Å²) in [5, 5.41) is 5.30. The molecule has 3 nitrogen and oxygen atoms in total. The van der Waals surface area contributed by atoms with Gasteiger partial charge in [0.25, 0.3) is 0 Å². The zero-order valence-electron chi connectivity index (χ0n) is 12.2. The summed E-state index contributed by atoms with van der Waals surface area (Å²) in [4.78, 5) is 16.3. The molecule has 0 radical (unpaired) electrons. The fraction of sp³-hybridized carbons (Fsp3) is 0.688. The highest BCUT2D eigenvalue weighted by atomic mass is 32.1. The summed E-state index contributed by atoms with van der Waals surface area (Å²) in [6.45, 7) is 5.16. The van der Waals surface area contributed by atoms with Gasteiger partial charge in [-0.3, -0.25) is 9.69 Å². The van der Waals surface area contributed by atoms with Crippen LogP contribution in [0.4, 0.5) is 0 Å². The molecule has 1 saturated heterocycles. The highest BCUT2D eigenvalue weighted by molar-refractivity contribution is 7.10. The van der Waals surface area contributed by atoms with Gasteiger partial charge in [0.15, 0.2) is 0 Å². The van der Waals surface area contributed by atoms with Crippen molar-refractivity contribution < 1.29 is 4.79 Å². The van der Waals surface area contributed by atoms with Gasteiger partial charge < -0.3 is 5.32 Å². The van der Waals surface area contributed by atoms with E-state index < -0.39 is 0 Å². The Bertz CT molecular complexity index is 435. The summed E-state index contributed by atoms with van der Waals surface area (Å²) in [5.41, 5.74) is 0. The number of thiophene rings is 1. The van der Waals surface area contributed by atoms with Gasteiger partial charge in [0.05, 0.1) is 6.04 Å². The molecular weight excluding hydrogens is 268 g/mol. The standard InChI is InChI=1S/C16H24N2OS/c1-12(14-5-4-10-20-14)11-17-16(19)15(13-6-7-13)18-8-2-3-9-18/h4-5,10,12-13,15H,2-3,6-9,11H2,1H3,(H,17,19)/t12-,15+/m0/s1. The van der Waals surface area contributed by atoms with Crippen LogP contribution in [0.5, 0.6) is 0 Å². The summed E-state index contributed by atoms with van der Waals surface area (Å²) < 4.78 is 0. The van der Waals surface area contributed by atoms with E-state index in [-0.39, 0.29) is 11.9 Å². The Labute approximate surface area is 125 Å². The van der Waals surface area contributed by atoms with Crippen LogP contribution in [0.3, 0.4) is 0 Å². The van der Waals surface area contributed by atoms with E-state index in [1.165, 1.54) is 30.6 Å². The Morgan fingerprint density at radius 1 is 1.45 bits per heavy atom. The molecule has 4 heteroatoms. The Morgan fingerprint density at radius 2 is 2.20 bits per heavy atom. The van der Waals surface area contributed by atoms with Crippen LogP contribution in [-0.4, -0.2) is 36.5 Å². The van der Waals surface area contributed by atoms with E-state index in [9.17, 15) is 4.79 Å². The number of rotatable bonds is 6. The highest BCUT2D eigenvalue weighted by Crippen LogP contribution is 2.36. The van der Waals surface area contributed by atoms with Crippen molar-refractivity contribution in [3.8, 4) is 0 Å². The fourth-order valence-corrected chi connectivity index (χ4v) is 3.93. The van der Waals surface area contributed by atoms with E-state index in [0.29, 0.717) is 11.8 Å². The summed E-state index contributed by atoms with van der Waals surface area (Å²) in [7, 11) is 0. The van der Waals surface area contributed by atoms with E-state index in [4.69, 9.17) is 0 Å². The van der Waals surface area contributed by atoms with E-state index in [1.54, 1.807) is 11.3 Å². The molecule has 2 heterocycles. The van der Waals surface area contributed by atoms with Crippen LogP contribution < -0.4 is 5.32 Å². The number of nitrogens with zero attached hydrogens (tertiary/aromatic N) is 1. The lowest BCUT2D eigenvalue weighted by atomic mass is 10.1. The molecule has 20 heavy (non-hydrogen) atoms. The predicted octanol–water partition coefficient (Wildman–Crippen LogP) is 2.84. The lowest BCUT2D eigenvalue weighted by Crippen LogP contribution is -2.47. The Morgan fingerprint density at radius 3 is 2.80 bits per heavy atom. The van der Waals surface area contributed by atoms with Crippen LogP contribution >= 0.6 is 11.3 Å². The maximum Gasteiger partial charge on any atom is 0.237 e. The molecule has 1 aliphatic carbocycles. The first kappa shape index (κ1) is 14.1. The zero-order chi connectivity index (χ0) is 13.9. The van der Waals surface area contributed by atoms with Crippen molar-refractivity contribution in [3.05, 3.63) is 22.4 Å². The molecule has 0 spiro atoms. The topological polar surface area (TPSA) is 32.3 Å². The van der Waals surface area contributed by atoms with Crippen molar-refractivity contribution in [3.63, 3.8) is 0 Å². The molecule has 1 aliphatic heterocycles. The van der Waals surface area contributed by atoms with Crippen molar-refractivity contribution >= 4 is 17.2 Å². The smallest absolute Gasteiger partial charge is 0.237 e. The van der Waals surface area contributed by atoms with Gasteiger partial charge in [-0.05, 0) is 56.1 Å². The lowest BCUT2D eigenvalue weighted by molar-refractivity contribution is -0.126. The highest BCUT2D eigenvalue weighted by Gasteiger charge is 2.40. The quantitative estimate of drug-likeness (QED) is 0.874. The number of carbonyl (C=O) groups is 1. The lowest BCUT2D eigenvalue weighted by Gasteiger charge is -2.27. The van der Waals surface area contributed by atoms with E-state index in [0.717, 1.165) is 19.6 Å². The van der Waals surface area contributed by atoms with Crippen LogP contribution in [0.15, 0.2) is 17.5 Å². The second-order valence-corrected chi connectivity index (χ2v) is 7.17. The van der Waals surface area contributed by atoms with Crippen molar-refractivity contribution in [1.82, 2.24) is 10.2 Å². The van der Waals surface area contributed by atoms with Crippen LogP contribution in [0, 0.1) is 5.92 Å². The minimum absolute atomic E-state index is 0.146. The normalized spacial score (nSPS) is 22.6. The molecule has 2 aliphatic rings. The third kappa shape index (κ3) is 3.23. The number of likely N-dealkylation sites (tertiary alicyclic amines) is 1. The molecule has 1 N–H and O–H groups in total. The molecule has 0 unspecified atom stereocenters. The van der Waals surface area contributed by atoms with Crippen LogP contribution in [0.1, 0.15) is 43.4 Å². The first-order chi connectivity index (χ1) is 9.75. The average molecular weight is 292 g/mol. The third-order valence-electron chi connectivity index (χ3n) is 4.48. The predicted molar refractivity (Wildman–Crippen MR) is 83.1 cm³/mol. The Kier molecular flexibility index (Phi) is 4.41. The molecule has 1 saturated carbocycles. The van der Waals surface area contributed by atoms with E-state index >= 15 is 0 Å². The van der Waals surface area contributed by atoms with Gasteiger partial charge >= 0.3 is 0 Å². The van der Waals surface area contributed by atoms with Gasteiger partial charge in [-0.15, -0.1) is 11.3 Å². The monoisotopic (exact) mass is 292 g/mol. The summed E-state index contributed by atoms with van der Waals surface area (Å²) in [6, 6.07) is 4.38. The number of carbonyl (C=O) groups excluding carboxylic acids is 1. The van der Waals surface area contributed by atoms with Gasteiger partial charge in [-0.1, -0.05) is 13.0 Å². The van der Waals surface area contributed by atoms with Gasteiger partial charge in [-0.2, -0.15) is 0 Å². The molecule has 1 aromatic heterocycles. The number of nitrogens with one attached hydrogen (secondary N) is 1. The minimum atomic E-state index is 0.146. The van der Waals surface area contributed by atoms with Crippen LogP contribution in [0.2, 0.25) is 0 Å². The molecule has 1 amide bonds. The Balaban J connectivity index is 1.54. The van der Waals surface area contributed by atoms with Gasteiger partial charge in [0.2, 0.25) is 5.91 Å². The number of hydrogen-bond donors (Lipinski definition) is 1. The van der Waals surface area contributed by atoms with E-state index in [1.807, 2.05) is 0 Å². The van der Waals surface area contributed by atoms with E-state index in [2.05, 4.69) is 34.7 Å². The molecule has 0 bridgehead atoms. The fourth-order valence-electron chi connectivity index (χ4n) is 3.14. The summed E-state index contributed by atoms with van der Waals surface area (Å²) in [5.74, 6) is 1.29. The van der Waals surface area contributed by atoms with Gasteiger partial charge in [0, 0.05) is 17.3 Å². The molecule has 3 rings (SSSR count). The largest absolute Gasteiger partial charge is 0.354 e. The minimum Gasteiger partial charge on any atom is -0.354 e. The Hall–Kier alpha value is -0.870. The van der Waals surface area contributed by atoms with Crippen molar-refractivity contribution in [1.29, 1.82) is 0 Å². The van der Waals surface area contributed by atoms with Crippen LogP contribution in [0.25, 0.3) is 0 Å². The molecule has 110 valence electrons. The molecule has 2 fully saturated rings. The summed E-state index contributed by atoms with van der Waals surface area (Å²) in [6.07, 6.45) is 4.97. The average Bonchev–Trinajstić information content (AvgIpc) is 2.96. The van der Waals surface area contributed by atoms with Crippen LogP contribution in [-0.2, 0) is 4.79 Å². The maximum atomic E-state index is 12.5. The maximum absolute atomic E-state index is 12.5. The van der Waals surface area contributed by atoms with Crippen molar-refractivity contribution in [2.24, 2.45) is 5.92 Å². The second kappa shape index (κ2) is 6.27. The van der Waals surface area contributed by atoms with Gasteiger partial charge in [-0.25, -0.2) is 0 Å². The molecule has 2 atom stereocenters. The second-order valence-electron chi connectivity index (χ2n) is 6.19. The zero-order valence-corrected chi connectivity index (χ0v) is 13.0. The van der Waals surface area contributed by atoms with Crippen molar-refractivity contribution in [2.45, 2.75) is 44.6 Å². The van der Waals surface area contributed by atoms with Crippen molar-refractivity contribution in [2.75, 3.05) is 19.6 Å².